The van der Waals surface area contributed by atoms with Gasteiger partial charge in [-0.1, -0.05) is 0 Å². The van der Waals surface area contributed by atoms with Gasteiger partial charge in [0.2, 0.25) is 0 Å². The van der Waals surface area contributed by atoms with Gasteiger partial charge in [0.05, 0.1) is 19.1 Å². The summed E-state index contributed by atoms with van der Waals surface area (Å²) in [5, 5.41) is 14.0. The van der Waals surface area contributed by atoms with Gasteiger partial charge in [-0.3, -0.25) is 10.1 Å². The molecule has 1 aliphatic rings. The van der Waals surface area contributed by atoms with Crippen molar-refractivity contribution in [3.05, 3.63) is 46.6 Å². The number of hydrogen-bond donors (Lipinski definition) is 1. The minimum Gasteiger partial charge on any atom is -0.497 e. The first-order valence-corrected chi connectivity index (χ1v) is 7.94. The zero-order valence-corrected chi connectivity index (χ0v) is 14.1. The van der Waals surface area contributed by atoms with Gasteiger partial charge < -0.3 is 19.7 Å². The van der Waals surface area contributed by atoms with Crippen LogP contribution in [0, 0.1) is 10.1 Å². The van der Waals surface area contributed by atoms with Crippen LogP contribution in [0.15, 0.2) is 36.5 Å². The largest absolute Gasteiger partial charge is 0.497 e. The van der Waals surface area contributed by atoms with Gasteiger partial charge in [0.1, 0.15) is 23.5 Å². The highest BCUT2D eigenvalue weighted by molar-refractivity contribution is 5.57. The molecule has 1 aromatic carbocycles. The van der Waals surface area contributed by atoms with Gasteiger partial charge in [-0.05, 0) is 12.5 Å². The van der Waals surface area contributed by atoms with E-state index in [1.165, 1.54) is 12.3 Å². The first kappa shape index (κ1) is 16.8. The van der Waals surface area contributed by atoms with Crippen molar-refractivity contribution in [2.24, 2.45) is 0 Å². The van der Waals surface area contributed by atoms with Crippen molar-refractivity contribution in [1.82, 2.24) is 4.98 Å². The lowest BCUT2D eigenvalue weighted by atomic mass is 10.2. The Morgan fingerprint density at radius 2 is 1.96 bits per heavy atom. The highest BCUT2D eigenvalue weighted by Crippen LogP contribution is 2.31. The maximum atomic E-state index is 10.7. The molecule has 1 saturated heterocycles. The molecule has 1 fully saturated rings. The first-order valence-electron chi connectivity index (χ1n) is 7.94. The lowest BCUT2D eigenvalue weighted by Crippen LogP contribution is -2.26. The molecular formula is C17H20N4O4. The van der Waals surface area contributed by atoms with E-state index in [-0.39, 0.29) is 11.7 Å². The molecule has 0 amide bonds. The summed E-state index contributed by atoms with van der Waals surface area (Å²) in [6, 6.07) is 9.11. The third-order valence-corrected chi connectivity index (χ3v) is 4.20. The summed E-state index contributed by atoms with van der Waals surface area (Å²) in [4.78, 5) is 16.6. The lowest BCUT2D eigenvalue weighted by molar-refractivity contribution is -0.385. The summed E-state index contributed by atoms with van der Waals surface area (Å²) in [6.07, 6.45) is 2.21. The van der Waals surface area contributed by atoms with E-state index in [4.69, 9.17) is 9.47 Å². The highest BCUT2D eigenvalue weighted by Gasteiger charge is 2.24. The molecule has 8 heteroatoms. The Hall–Kier alpha value is -3.03. The van der Waals surface area contributed by atoms with Crippen LogP contribution in [0.3, 0.4) is 0 Å². The van der Waals surface area contributed by atoms with Crippen LogP contribution in [0.4, 0.5) is 17.2 Å². The van der Waals surface area contributed by atoms with Gasteiger partial charge in [0.25, 0.3) is 5.69 Å². The van der Waals surface area contributed by atoms with Crippen LogP contribution < -0.4 is 19.7 Å². The van der Waals surface area contributed by atoms with E-state index in [1.54, 1.807) is 20.3 Å². The average Bonchev–Trinajstić information content (AvgIpc) is 3.10. The standard InChI is InChI=1S/C17H20N4O4/c1-24-15-7-14(8-16(9-15)25-2)20-6-5-12(11-20)19-17-4-3-13(10-18-17)21(22)23/h3-4,7-10,12H,5-6,11H2,1-2H3,(H,18,19). The third-order valence-electron chi connectivity index (χ3n) is 4.20. The van der Waals surface area contributed by atoms with E-state index in [1.807, 2.05) is 18.2 Å². The number of nitrogens with zero attached hydrogens (tertiary/aromatic N) is 3. The number of aromatic nitrogens is 1. The maximum Gasteiger partial charge on any atom is 0.287 e. The topological polar surface area (TPSA) is 89.8 Å². The summed E-state index contributed by atoms with van der Waals surface area (Å²) in [6.45, 7) is 1.69. The van der Waals surface area contributed by atoms with Crippen LogP contribution in [0.25, 0.3) is 0 Å². The van der Waals surface area contributed by atoms with Crippen molar-refractivity contribution in [2.45, 2.75) is 12.5 Å². The Morgan fingerprint density at radius 3 is 2.52 bits per heavy atom. The first-order chi connectivity index (χ1) is 12.1. The number of nitro groups is 1. The molecule has 0 spiro atoms. The fourth-order valence-electron chi connectivity index (χ4n) is 2.88. The summed E-state index contributed by atoms with van der Waals surface area (Å²) in [5.41, 5.74) is 1.03. The number of hydrogen-bond acceptors (Lipinski definition) is 7. The minimum absolute atomic E-state index is 0.0120. The Kier molecular flexibility index (Phi) is 4.87. The number of nitrogens with one attached hydrogen (secondary N) is 1. The summed E-state index contributed by atoms with van der Waals surface area (Å²) in [5.74, 6) is 2.14. The SMILES string of the molecule is COc1cc(OC)cc(N2CCC(Nc3ccc([N+](=O)[O-])cn3)C2)c1. The van der Waals surface area contributed by atoms with Gasteiger partial charge in [-0.2, -0.15) is 0 Å². The summed E-state index contributed by atoms with van der Waals surface area (Å²) in [7, 11) is 3.26. The molecule has 0 aliphatic carbocycles. The molecular weight excluding hydrogens is 324 g/mol. The van der Waals surface area contributed by atoms with Crippen molar-refractivity contribution in [3.63, 3.8) is 0 Å². The Bertz CT molecular complexity index is 729. The van der Waals surface area contributed by atoms with Crippen molar-refractivity contribution >= 4 is 17.2 Å². The fraction of sp³-hybridized carbons (Fsp3) is 0.353. The number of pyridine rings is 1. The number of benzene rings is 1. The van der Waals surface area contributed by atoms with Crippen LogP contribution in [-0.2, 0) is 0 Å². The molecule has 1 aromatic heterocycles. The van der Waals surface area contributed by atoms with E-state index in [0.29, 0.717) is 5.82 Å². The second-order valence-electron chi connectivity index (χ2n) is 5.81. The van der Waals surface area contributed by atoms with Gasteiger partial charge in [-0.25, -0.2) is 4.98 Å². The average molecular weight is 344 g/mol. The zero-order chi connectivity index (χ0) is 17.8. The van der Waals surface area contributed by atoms with Gasteiger partial charge in [0, 0.05) is 49.1 Å². The molecule has 0 radical (unpaired) electrons. The van der Waals surface area contributed by atoms with Crippen LogP contribution in [0.1, 0.15) is 6.42 Å². The molecule has 8 nitrogen and oxygen atoms in total. The second kappa shape index (κ2) is 7.25. The molecule has 1 aliphatic heterocycles. The van der Waals surface area contributed by atoms with Crippen LogP contribution in [0.5, 0.6) is 11.5 Å². The molecule has 2 heterocycles. The number of anilines is 2. The predicted octanol–water partition coefficient (Wildman–Crippen LogP) is 2.70. The second-order valence-corrected chi connectivity index (χ2v) is 5.81. The number of methoxy groups -OCH3 is 2. The zero-order valence-electron chi connectivity index (χ0n) is 14.1. The maximum absolute atomic E-state index is 10.7. The number of ether oxygens (including phenoxy) is 2. The molecule has 0 saturated carbocycles. The Balaban J connectivity index is 1.66. The monoisotopic (exact) mass is 344 g/mol. The smallest absolute Gasteiger partial charge is 0.287 e. The van der Waals surface area contributed by atoms with E-state index < -0.39 is 4.92 Å². The van der Waals surface area contributed by atoms with E-state index in [9.17, 15) is 10.1 Å². The molecule has 1 N–H and O–H groups in total. The van der Waals surface area contributed by atoms with Gasteiger partial charge >= 0.3 is 0 Å². The van der Waals surface area contributed by atoms with E-state index >= 15 is 0 Å². The minimum atomic E-state index is -0.454. The van der Waals surface area contributed by atoms with Crippen LogP contribution in [-0.4, -0.2) is 43.3 Å². The summed E-state index contributed by atoms with van der Waals surface area (Å²) < 4.78 is 10.6. The lowest BCUT2D eigenvalue weighted by Gasteiger charge is -2.20. The Labute approximate surface area is 145 Å². The molecule has 1 unspecified atom stereocenters. The molecule has 132 valence electrons. The summed E-state index contributed by atoms with van der Waals surface area (Å²) >= 11 is 0. The predicted molar refractivity (Wildman–Crippen MR) is 94.7 cm³/mol. The quantitative estimate of drug-likeness (QED) is 0.636. The third kappa shape index (κ3) is 3.90. The normalized spacial score (nSPS) is 16.6. The molecule has 0 bridgehead atoms. The van der Waals surface area contributed by atoms with Crippen molar-refractivity contribution in [2.75, 3.05) is 37.5 Å². The fourth-order valence-corrected chi connectivity index (χ4v) is 2.88. The molecule has 3 rings (SSSR count). The van der Waals surface area contributed by atoms with Crippen molar-refractivity contribution in [3.8, 4) is 11.5 Å². The highest BCUT2D eigenvalue weighted by atomic mass is 16.6. The molecule has 1 atom stereocenters. The van der Waals surface area contributed by atoms with Crippen molar-refractivity contribution < 1.29 is 14.4 Å². The van der Waals surface area contributed by atoms with Crippen LogP contribution in [0.2, 0.25) is 0 Å². The van der Waals surface area contributed by atoms with E-state index in [0.717, 1.165) is 36.7 Å². The van der Waals surface area contributed by atoms with Gasteiger partial charge in [-0.15, -0.1) is 0 Å². The molecule has 25 heavy (non-hydrogen) atoms. The van der Waals surface area contributed by atoms with Crippen molar-refractivity contribution in [1.29, 1.82) is 0 Å². The van der Waals surface area contributed by atoms with Crippen LogP contribution >= 0.6 is 0 Å². The van der Waals surface area contributed by atoms with E-state index in [2.05, 4.69) is 15.2 Å². The van der Waals surface area contributed by atoms with Gasteiger partial charge in [0.15, 0.2) is 0 Å². The molecule has 2 aromatic rings. The number of rotatable bonds is 6. The Morgan fingerprint density at radius 1 is 1.24 bits per heavy atom.